The number of carbonyl (C=O) groups is 1. The maximum Gasteiger partial charge on any atom is 0.169 e. The highest BCUT2D eigenvalue weighted by atomic mass is 16.5. The third-order valence-electron chi connectivity index (χ3n) is 3.42. The van der Waals surface area contributed by atoms with E-state index < -0.39 is 0 Å². The summed E-state index contributed by atoms with van der Waals surface area (Å²) in [5, 5.41) is 0. The lowest BCUT2D eigenvalue weighted by atomic mass is 9.93. The largest absolute Gasteiger partial charge is 0.497 e. The Morgan fingerprint density at radius 3 is 2.45 bits per heavy atom. The first-order chi connectivity index (χ1) is 9.49. The Bertz CT molecular complexity index is 443. The number of methoxy groups -OCH3 is 2. The van der Waals surface area contributed by atoms with E-state index in [4.69, 9.17) is 15.2 Å². The van der Waals surface area contributed by atoms with Crippen LogP contribution in [-0.2, 0) is 0 Å². The van der Waals surface area contributed by atoms with Gasteiger partial charge in [-0.3, -0.25) is 4.79 Å². The monoisotopic (exact) mass is 279 g/mol. The molecule has 1 aromatic carbocycles. The van der Waals surface area contributed by atoms with Gasteiger partial charge < -0.3 is 15.2 Å². The van der Waals surface area contributed by atoms with Gasteiger partial charge >= 0.3 is 0 Å². The number of hydrogen-bond acceptors (Lipinski definition) is 4. The van der Waals surface area contributed by atoms with Crippen LogP contribution < -0.4 is 15.2 Å². The number of nitrogens with two attached hydrogens (primary N) is 1. The molecule has 0 amide bonds. The quantitative estimate of drug-likeness (QED) is 0.743. The van der Waals surface area contributed by atoms with Gasteiger partial charge in [-0.2, -0.15) is 0 Å². The summed E-state index contributed by atoms with van der Waals surface area (Å²) < 4.78 is 10.4. The molecule has 0 radical (unpaired) electrons. The highest BCUT2D eigenvalue weighted by molar-refractivity contribution is 6.00. The van der Waals surface area contributed by atoms with Crippen LogP contribution in [-0.4, -0.2) is 26.0 Å². The SMILES string of the molecule is COc1ccc(C(=O)C(C)CCCC(C)N)c(OC)c1. The third kappa shape index (κ3) is 4.53. The second-order valence-corrected chi connectivity index (χ2v) is 5.24. The summed E-state index contributed by atoms with van der Waals surface area (Å²) >= 11 is 0. The van der Waals surface area contributed by atoms with Crippen LogP contribution in [0.5, 0.6) is 11.5 Å². The van der Waals surface area contributed by atoms with Crippen molar-refractivity contribution in [2.24, 2.45) is 11.7 Å². The fourth-order valence-corrected chi connectivity index (χ4v) is 2.14. The number of ether oxygens (including phenoxy) is 2. The first kappa shape index (κ1) is 16.5. The molecule has 2 N–H and O–H groups in total. The van der Waals surface area contributed by atoms with E-state index in [9.17, 15) is 4.79 Å². The maximum atomic E-state index is 12.4. The van der Waals surface area contributed by atoms with Crippen LogP contribution in [0.4, 0.5) is 0 Å². The summed E-state index contributed by atoms with van der Waals surface area (Å²) in [7, 11) is 3.15. The topological polar surface area (TPSA) is 61.5 Å². The molecule has 0 spiro atoms. The van der Waals surface area contributed by atoms with Crippen molar-refractivity contribution in [1.82, 2.24) is 0 Å². The Morgan fingerprint density at radius 2 is 1.90 bits per heavy atom. The molecule has 0 saturated heterocycles. The molecule has 2 unspecified atom stereocenters. The minimum absolute atomic E-state index is 0.0314. The fraction of sp³-hybridized carbons (Fsp3) is 0.562. The van der Waals surface area contributed by atoms with Crippen LogP contribution in [0, 0.1) is 5.92 Å². The van der Waals surface area contributed by atoms with E-state index in [1.54, 1.807) is 32.4 Å². The first-order valence-corrected chi connectivity index (χ1v) is 7.01. The van der Waals surface area contributed by atoms with Gasteiger partial charge in [-0.15, -0.1) is 0 Å². The molecule has 112 valence electrons. The molecular weight excluding hydrogens is 254 g/mol. The molecule has 0 aliphatic heterocycles. The van der Waals surface area contributed by atoms with Gasteiger partial charge in [-0.25, -0.2) is 0 Å². The van der Waals surface area contributed by atoms with Crippen molar-refractivity contribution in [2.45, 2.75) is 39.2 Å². The molecule has 0 heterocycles. The van der Waals surface area contributed by atoms with Gasteiger partial charge in [0.15, 0.2) is 5.78 Å². The Kier molecular flexibility index (Phi) is 6.52. The summed E-state index contributed by atoms with van der Waals surface area (Å²) in [6, 6.07) is 5.47. The predicted molar refractivity (Wildman–Crippen MR) is 80.5 cm³/mol. The third-order valence-corrected chi connectivity index (χ3v) is 3.42. The molecular formula is C16H25NO3. The van der Waals surface area contributed by atoms with Crippen LogP contribution >= 0.6 is 0 Å². The van der Waals surface area contributed by atoms with Gasteiger partial charge in [0.2, 0.25) is 0 Å². The summed E-state index contributed by atoms with van der Waals surface area (Å²) in [5.74, 6) is 1.32. The van der Waals surface area contributed by atoms with Gasteiger partial charge in [-0.05, 0) is 31.9 Å². The Morgan fingerprint density at radius 1 is 1.20 bits per heavy atom. The van der Waals surface area contributed by atoms with E-state index in [-0.39, 0.29) is 17.7 Å². The van der Waals surface area contributed by atoms with Gasteiger partial charge in [0.05, 0.1) is 19.8 Å². The predicted octanol–water partition coefficient (Wildman–Crippen LogP) is 3.04. The molecule has 1 rings (SSSR count). The van der Waals surface area contributed by atoms with Gasteiger partial charge in [0.1, 0.15) is 11.5 Å². The van der Waals surface area contributed by atoms with Crippen LogP contribution in [0.25, 0.3) is 0 Å². The standard InChI is InChI=1S/C16H25NO3/c1-11(6-5-7-12(2)17)16(18)14-9-8-13(19-3)10-15(14)20-4/h8-12H,5-7,17H2,1-4H3. The van der Waals surface area contributed by atoms with Crippen LogP contribution in [0.15, 0.2) is 18.2 Å². The lowest BCUT2D eigenvalue weighted by Crippen LogP contribution is -2.17. The second-order valence-electron chi connectivity index (χ2n) is 5.24. The molecule has 0 saturated carbocycles. The first-order valence-electron chi connectivity index (χ1n) is 7.01. The molecule has 0 aliphatic rings. The number of rotatable bonds is 8. The maximum absolute atomic E-state index is 12.4. The molecule has 0 fully saturated rings. The number of benzene rings is 1. The zero-order chi connectivity index (χ0) is 15.1. The molecule has 2 atom stereocenters. The smallest absolute Gasteiger partial charge is 0.169 e. The highest BCUT2D eigenvalue weighted by Crippen LogP contribution is 2.27. The summed E-state index contributed by atoms with van der Waals surface area (Å²) in [6.45, 7) is 3.94. The van der Waals surface area contributed by atoms with Crippen LogP contribution in [0.1, 0.15) is 43.5 Å². The average Bonchev–Trinajstić information content (AvgIpc) is 2.45. The normalized spacial score (nSPS) is 13.7. The molecule has 0 aromatic heterocycles. The van der Waals surface area contributed by atoms with E-state index >= 15 is 0 Å². The molecule has 1 aromatic rings. The molecule has 4 nitrogen and oxygen atoms in total. The van der Waals surface area contributed by atoms with E-state index in [1.807, 2.05) is 13.8 Å². The van der Waals surface area contributed by atoms with Crippen molar-refractivity contribution in [3.8, 4) is 11.5 Å². The average molecular weight is 279 g/mol. The van der Waals surface area contributed by atoms with E-state index in [1.165, 1.54) is 0 Å². The van der Waals surface area contributed by atoms with Crippen molar-refractivity contribution >= 4 is 5.78 Å². The van der Waals surface area contributed by atoms with Crippen LogP contribution in [0.3, 0.4) is 0 Å². The van der Waals surface area contributed by atoms with Crippen LogP contribution in [0.2, 0.25) is 0 Å². The Hall–Kier alpha value is -1.55. The molecule has 4 heteroatoms. The minimum atomic E-state index is -0.0314. The number of carbonyl (C=O) groups excluding carboxylic acids is 1. The van der Waals surface area contributed by atoms with Crippen molar-refractivity contribution in [1.29, 1.82) is 0 Å². The zero-order valence-corrected chi connectivity index (χ0v) is 12.8. The highest BCUT2D eigenvalue weighted by Gasteiger charge is 2.19. The minimum Gasteiger partial charge on any atom is -0.497 e. The van der Waals surface area contributed by atoms with E-state index in [0.717, 1.165) is 19.3 Å². The van der Waals surface area contributed by atoms with Gasteiger partial charge in [0, 0.05) is 18.0 Å². The Balaban J connectivity index is 2.75. The molecule has 0 aliphatic carbocycles. The number of ketones is 1. The summed E-state index contributed by atoms with van der Waals surface area (Å²) in [6.07, 6.45) is 2.75. The lowest BCUT2D eigenvalue weighted by Gasteiger charge is -2.14. The summed E-state index contributed by atoms with van der Waals surface area (Å²) in [5.41, 5.74) is 6.34. The zero-order valence-electron chi connectivity index (χ0n) is 12.8. The lowest BCUT2D eigenvalue weighted by molar-refractivity contribution is 0.0919. The van der Waals surface area contributed by atoms with E-state index in [0.29, 0.717) is 17.1 Å². The second kappa shape index (κ2) is 7.90. The molecule has 0 bridgehead atoms. The van der Waals surface area contributed by atoms with Gasteiger partial charge in [-0.1, -0.05) is 13.3 Å². The van der Waals surface area contributed by atoms with Crippen molar-refractivity contribution < 1.29 is 14.3 Å². The van der Waals surface area contributed by atoms with E-state index in [2.05, 4.69) is 0 Å². The summed E-state index contributed by atoms with van der Waals surface area (Å²) in [4.78, 5) is 12.4. The van der Waals surface area contributed by atoms with Gasteiger partial charge in [0.25, 0.3) is 0 Å². The van der Waals surface area contributed by atoms with Crippen molar-refractivity contribution in [2.75, 3.05) is 14.2 Å². The number of Topliss-reactive ketones (excluding diaryl/α,β-unsaturated/α-hetero) is 1. The van der Waals surface area contributed by atoms with Crippen molar-refractivity contribution in [3.05, 3.63) is 23.8 Å². The van der Waals surface area contributed by atoms with Crippen molar-refractivity contribution in [3.63, 3.8) is 0 Å². The molecule has 20 heavy (non-hydrogen) atoms. The number of hydrogen-bond donors (Lipinski definition) is 1. The Labute approximate surface area is 121 Å². The fourth-order valence-electron chi connectivity index (χ4n) is 2.14.